The molecule has 3 aromatic rings. The molecular weight excluding hydrogens is 418 g/mol. The van der Waals surface area contributed by atoms with Gasteiger partial charge >= 0.3 is 0 Å². The van der Waals surface area contributed by atoms with Crippen molar-refractivity contribution >= 4 is 51.3 Å². The van der Waals surface area contributed by atoms with E-state index in [0.717, 1.165) is 17.0 Å². The Balaban J connectivity index is 1.49. The molecule has 28 heavy (non-hydrogen) atoms. The molecule has 0 atom stereocenters. The predicted octanol–water partition coefficient (Wildman–Crippen LogP) is 4.36. The van der Waals surface area contributed by atoms with Crippen LogP contribution in [0.3, 0.4) is 0 Å². The SMILES string of the molecule is COc1ccc(-c2csc(NC(=S)NC(=O)COc3ccc(Cl)cc3)n2)cc1. The first-order valence-electron chi connectivity index (χ1n) is 8.12. The lowest BCUT2D eigenvalue weighted by Crippen LogP contribution is -2.37. The fraction of sp³-hybridized carbons (Fsp3) is 0.105. The van der Waals surface area contributed by atoms with Gasteiger partial charge in [-0.25, -0.2) is 4.98 Å². The number of carbonyl (C=O) groups is 1. The first-order valence-corrected chi connectivity index (χ1v) is 9.79. The van der Waals surface area contributed by atoms with Crippen molar-refractivity contribution in [1.29, 1.82) is 0 Å². The van der Waals surface area contributed by atoms with E-state index in [2.05, 4.69) is 15.6 Å². The van der Waals surface area contributed by atoms with Crippen molar-refractivity contribution in [3.8, 4) is 22.8 Å². The van der Waals surface area contributed by atoms with E-state index in [4.69, 9.17) is 33.3 Å². The van der Waals surface area contributed by atoms with Crippen LogP contribution >= 0.6 is 35.2 Å². The van der Waals surface area contributed by atoms with Gasteiger partial charge in [-0.05, 0) is 60.7 Å². The Kier molecular flexibility index (Phi) is 6.80. The zero-order valence-corrected chi connectivity index (χ0v) is 17.2. The summed E-state index contributed by atoms with van der Waals surface area (Å²) in [6.45, 7) is -0.168. The molecule has 0 spiro atoms. The smallest absolute Gasteiger partial charge is 0.264 e. The highest BCUT2D eigenvalue weighted by atomic mass is 35.5. The van der Waals surface area contributed by atoms with Gasteiger partial charge in [0.2, 0.25) is 0 Å². The van der Waals surface area contributed by atoms with Crippen LogP contribution in [0.5, 0.6) is 11.5 Å². The highest BCUT2D eigenvalue weighted by molar-refractivity contribution is 7.80. The summed E-state index contributed by atoms with van der Waals surface area (Å²) in [5.41, 5.74) is 1.76. The van der Waals surface area contributed by atoms with Crippen LogP contribution in [0.2, 0.25) is 5.02 Å². The van der Waals surface area contributed by atoms with Gasteiger partial charge in [0.1, 0.15) is 11.5 Å². The van der Waals surface area contributed by atoms with Crippen LogP contribution in [-0.2, 0) is 4.79 Å². The molecule has 9 heteroatoms. The standard InChI is InChI=1S/C19H16ClN3O3S2/c1-25-14-6-2-12(3-7-14)16-11-28-19(21-16)23-18(27)22-17(24)10-26-15-8-4-13(20)5-9-15/h2-9,11H,10H2,1H3,(H2,21,22,23,24,27). The van der Waals surface area contributed by atoms with E-state index in [1.165, 1.54) is 11.3 Å². The molecule has 0 saturated carbocycles. The fourth-order valence-corrected chi connectivity index (χ4v) is 3.32. The molecule has 0 aliphatic heterocycles. The van der Waals surface area contributed by atoms with Gasteiger partial charge in [0.25, 0.3) is 5.91 Å². The number of thiazole rings is 1. The lowest BCUT2D eigenvalue weighted by molar-refractivity contribution is -0.121. The maximum absolute atomic E-state index is 12.0. The first kappa shape index (κ1) is 20.1. The van der Waals surface area contributed by atoms with E-state index in [1.807, 2.05) is 29.6 Å². The average molecular weight is 434 g/mol. The normalized spacial score (nSPS) is 10.2. The number of anilines is 1. The van der Waals surface area contributed by atoms with Crippen LogP contribution in [0.25, 0.3) is 11.3 Å². The number of nitrogens with zero attached hydrogens (tertiary/aromatic N) is 1. The largest absolute Gasteiger partial charge is 0.497 e. The van der Waals surface area contributed by atoms with Crippen LogP contribution in [0.1, 0.15) is 0 Å². The summed E-state index contributed by atoms with van der Waals surface area (Å²) < 4.78 is 10.5. The van der Waals surface area contributed by atoms with Gasteiger partial charge in [-0.3, -0.25) is 10.1 Å². The second-order valence-electron chi connectivity index (χ2n) is 5.51. The molecule has 1 amide bonds. The lowest BCUT2D eigenvalue weighted by Gasteiger charge is -2.08. The highest BCUT2D eigenvalue weighted by Gasteiger charge is 2.09. The predicted molar refractivity (Wildman–Crippen MR) is 115 cm³/mol. The van der Waals surface area contributed by atoms with Crippen LogP contribution in [0.4, 0.5) is 5.13 Å². The number of benzene rings is 2. The molecule has 0 unspecified atom stereocenters. The van der Waals surface area contributed by atoms with Crippen molar-refractivity contribution in [2.45, 2.75) is 0 Å². The molecule has 6 nitrogen and oxygen atoms in total. The average Bonchev–Trinajstić information content (AvgIpc) is 3.16. The number of carbonyl (C=O) groups excluding carboxylic acids is 1. The topological polar surface area (TPSA) is 72.5 Å². The van der Waals surface area contributed by atoms with Crippen molar-refractivity contribution in [1.82, 2.24) is 10.3 Å². The summed E-state index contributed by atoms with van der Waals surface area (Å²) in [4.78, 5) is 16.4. The molecule has 2 N–H and O–H groups in total. The molecule has 0 aliphatic rings. The van der Waals surface area contributed by atoms with Crippen molar-refractivity contribution in [3.05, 3.63) is 58.9 Å². The van der Waals surface area contributed by atoms with Gasteiger partial charge in [-0.15, -0.1) is 11.3 Å². The van der Waals surface area contributed by atoms with Crippen LogP contribution < -0.4 is 20.1 Å². The number of thiocarbonyl (C=S) groups is 1. The summed E-state index contributed by atoms with van der Waals surface area (Å²) in [5.74, 6) is 0.948. The van der Waals surface area contributed by atoms with E-state index in [9.17, 15) is 4.79 Å². The molecular formula is C19H16ClN3O3S2. The molecule has 2 aromatic carbocycles. The Morgan fingerprint density at radius 3 is 2.50 bits per heavy atom. The Labute approximate surface area is 176 Å². The minimum atomic E-state index is -0.376. The number of aromatic nitrogens is 1. The second kappa shape index (κ2) is 9.50. The number of ether oxygens (including phenoxy) is 2. The number of hydrogen-bond acceptors (Lipinski definition) is 6. The highest BCUT2D eigenvalue weighted by Crippen LogP contribution is 2.26. The summed E-state index contributed by atoms with van der Waals surface area (Å²) in [6, 6.07) is 14.3. The Morgan fingerprint density at radius 1 is 1.14 bits per heavy atom. The van der Waals surface area contributed by atoms with Crippen LogP contribution in [0.15, 0.2) is 53.9 Å². The van der Waals surface area contributed by atoms with Gasteiger partial charge in [0.15, 0.2) is 16.9 Å². The Morgan fingerprint density at radius 2 is 1.82 bits per heavy atom. The monoisotopic (exact) mass is 433 g/mol. The first-order chi connectivity index (χ1) is 13.5. The molecule has 1 aromatic heterocycles. The van der Waals surface area contributed by atoms with Crippen molar-refractivity contribution < 1.29 is 14.3 Å². The molecule has 0 saturated heterocycles. The molecule has 0 fully saturated rings. The summed E-state index contributed by atoms with van der Waals surface area (Å²) in [5, 5.41) is 8.68. The van der Waals surface area contributed by atoms with Crippen molar-refractivity contribution in [3.63, 3.8) is 0 Å². The number of rotatable bonds is 6. The van der Waals surface area contributed by atoms with E-state index >= 15 is 0 Å². The third-order valence-electron chi connectivity index (χ3n) is 3.55. The lowest BCUT2D eigenvalue weighted by atomic mass is 10.2. The van der Waals surface area contributed by atoms with Gasteiger partial charge < -0.3 is 14.8 Å². The Bertz CT molecular complexity index is 959. The number of amides is 1. The quantitative estimate of drug-likeness (QED) is 0.562. The van der Waals surface area contributed by atoms with E-state index < -0.39 is 0 Å². The van der Waals surface area contributed by atoms with Gasteiger partial charge in [0.05, 0.1) is 12.8 Å². The molecule has 0 bridgehead atoms. The minimum absolute atomic E-state index is 0.153. The van der Waals surface area contributed by atoms with Gasteiger partial charge in [-0.2, -0.15) is 0 Å². The van der Waals surface area contributed by atoms with Gasteiger partial charge in [0, 0.05) is 16.0 Å². The molecule has 1 heterocycles. The maximum atomic E-state index is 12.0. The zero-order chi connectivity index (χ0) is 19.9. The summed E-state index contributed by atoms with van der Waals surface area (Å²) >= 11 is 12.3. The second-order valence-corrected chi connectivity index (χ2v) is 7.21. The molecule has 0 radical (unpaired) electrons. The van der Waals surface area contributed by atoms with Crippen LogP contribution in [-0.4, -0.2) is 29.7 Å². The number of hydrogen-bond donors (Lipinski definition) is 2. The minimum Gasteiger partial charge on any atom is -0.497 e. The molecule has 144 valence electrons. The third kappa shape index (κ3) is 5.66. The number of nitrogens with one attached hydrogen (secondary N) is 2. The molecule has 3 rings (SSSR count). The van der Waals surface area contributed by atoms with Crippen LogP contribution in [0, 0.1) is 0 Å². The van der Waals surface area contributed by atoms with Crippen molar-refractivity contribution in [2.75, 3.05) is 19.0 Å². The summed E-state index contributed by atoms with van der Waals surface area (Å²) in [6.07, 6.45) is 0. The van der Waals surface area contributed by atoms with E-state index in [1.54, 1.807) is 31.4 Å². The van der Waals surface area contributed by atoms with E-state index in [0.29, 0.717) is 15.9 Å². The number of methoxy groups -OCH3 is 1. The van der Waals surface area contributed by atoms with Crippen molar-refractivity contribution in [2.24, 2.45) is 0 Å². The third-order valence-corrected chi connectivity index (χ3v) is 4.76. The van der Waals surface area contributed by atoms with Gasteiger partial charge in [-0.1, -0.05) is 11.6 Å². The summed E-state index contributed by atoms with van der Waals surface area (Å²) in [7, 11) is 1.62. The number of halogens is 1. The fourth-order valence-electron chi connectivity index (χ4n) is 2.20. The maximum Gasteiger partial charge on any atom is 0.264 e. The zero-order valence-electron chi connectivity index (χ0n) is 14.8. The van der Waals surface area contributed by atoms with E-state index in [-0.39, 0.29) is 17.6 Å². The molecule has 0 aliphatic carbocycles. The Hall–Kier alpha value is -2.68.